The normalized spacial score (nSPS) is 16.3. The maximum absolute atomic E-state index is 13.0. The summed E-state index contributed by atoms with van der Waals surface area (Å²) in [5.41, 5.74) is 3.39. The molecule has 0 aromatic heterocycles. The Morgan fingerprint density at radius 3 is 2.42 bits per heavy atom. The van der Waals surface area contributed by atoms with Crippen LogP contribution in [0.15, 0.2) is 47.4 Å². The van der Waals surface area contributed by atoms with Crippen LogP contribution < -0.4 is 0 Å². The molecule has 0 spiro atoms. The van der Waals surface area contributed by atoms with Crippen LogP contribution >= 0.6 is 0 Å². The van der Waals surface area contributed by atoms with Crippen LogP contribution in [0.4, 0.5) is 0 Å². The van der Waals surface area contributed by atoms with Crippen molar-refractivity contribution in [2.24, 2.45) is 0 Å². The SMILES string of the molecule is Cc1ccc(C)c(S(=O)(=O)N2CCN(Cc3ccccc3C#N)CC2)c1. The number of aryl methyl sites for hydroxylation is 2. The van der Waals surface area contributed by atoms with Gasteiger partial charge in [0.1, 0.15) is 0 Å². The summed E-state index contributed by atoms with van der Waals surface area (Å²) in [6.07, 6.45) is 0. The molecule has 3 rings (SSSR count). The summed E-state index contributed by atoms with van der Waals surface area (Å²) in [6.45, 7) is 6.65. The van der Waals surface area contributed by atoms with Crippen LogP contribution in [-0.4, -0.2) is 43.8 Å². The fourth-order valence-electron chi connectivity index (χ4n) is 3.26. The van der Waals surface area contributed by atoms with Crippen LogP contribution in [0.5, 0.6) is 0 Å². The molecule has 0 aliphatic carbocycles. The number of piperazine rings is 1. The van der Waals surface area contributed by atoms with Crippen molar-refractivity contribution in [3.8, 4) is 6.07 Å². The Labute approximate surface area is 155 Å². The second kappa shape index (κ2) is 7.58. The summed E-state index contributed by atoms with van der Waals surface area (Å²) in [5.74, 6) is 0. The van der Waals surface area contributed by atoms with Crippen molar-refractivity contribution >= 4 is 10.0 Å². The highest BCUT2D eigenvalue weighted by Crippen LogP contribution is 2.23. The molecule has 6 heteroatoms. The predicted octanol–water partition coefficient (Wildman–Crippen LogP) is 2.68. The highest BCUT2D eigenvalue weighted by molar-refractivity contribution is 7.89. The maximum atomic E-state index is 13.0. The average Bonchev–Trinajstić information content (AvgIpc) is 2.64. The summed E-state index contributed by atoms with van der Waals surface area (Å²) >= 11 is 0. The number of hydrogen-bond donors (Lipinski definition) is 0. The number of rotatable bonds is 4. The summed E-state index contributed by atoms with van der Waals surface area (Å²) < 4.78 is 27.6. The summed E-state index contributed by atoms with van der Waals surface area (Å²) in [6, 6.07) is 15.3. The van der Waals surface area contributed by atoms with E-state index < -0.39 is 10.0 Å². The van der Waals surface area contributed by atoms with Crippen molar-refractivity contribution in [2.45, 2.75) is 25.3 Å². The van der Waals surface area contributed by atoms with Gasteiger partial charge in [0.2, 0.25) is 10.0 Å². The quantitative estimate of drug-likeness (QED) is 0.831. The minimum Gasteiger partial charge on any atom is -0.296 e. The monoisotopic (exact) mass is 369 g/mol. The van der Waals surface area contributed by atoms with Gasteiger partial charge in [-0.1, -0.05) is 30.3 Å². The molecule has 0 amide bonds. The van der Waals surface area contributed by atoms with Crippen molar-refractivity contribution < 1.29 is 8.42 Å². The lowest BCUT2D eigenvalue weighted by Crippen LogP contribution is -2.48. The molecule has 5 nitrogen and oxygen atoms in total. The molecule has 1 heterocycles. The van der Waals surface area contributed by atoms with E-state index in [0.717, 1.165) is 16.7 Å². The molecule has 0 N–H and O–H groups in total. The van der Waals surface area contributed by atoms with Crippen LogP contribution in [0.2, 0.25) is 0 Å². The van der Waals surface area contributed by atoms with Crippen molar-refractivity contribution in [3.63, 3.8) is 0 Å². The molecule has 1 fully saturated rings. The first kappa shape index (κ1) is 18.6. The van der Waals surface area contributed by atoms with Gasteiger partial charge in [-0.3, -0.25) is 4.90 Å². The molecule has 0 bridgehead atoms. The summed E-state index contributed by atoms with van der Waals surface area (Å²) in [4.78, 5) is 2.60. The van der Waals surface area contributed by atoms with E-state index in [9.17, 15) is 13.7 Å². The second-order valence-corrected chi connectivity index (χ2v) is 8.62. The minimum atomic E-state index is -3.47. The van der Waals surface area contributed by atoms with Gasteiger partial charge >= 0.3 is 0 Å². The standard InChI is InChI=1S/C20H23N3O2S/c1-16-7-8-17(2)20(13-16)26(24,25)23-11-9-22(10-12-23)15-19-6-4-3-5-18(19)14-21/h3-8,13H,9-12,15H2,1-2H3. The first-order valence-electron chi connectivity index (χ1n) is 8.69. The third kappa shape index (κ3) is 3.80. The molecular formula is C20H23N3O2S. The molecule has 136 valence electrons. The van der Waals surface area contributed by atoms with E-state index in [1.807, 2.05) is 50.2 Å². The number of sulfonamides is 1. The van der Waals surface area contributed by atoms with Gasteiger partial charge in [0.25, 0.3) is 0 Å². The molecule has 1 aliphatic rings. The van der Waals surface area contributed by atoms with Gasteiger partial charge in [0.05, 0.1) is 16.5 Å². The van der Waals surface area contributed by atoms with E-state index in [2.05, 4.69) is 11.0 Å². The van der Waals surface area contributed by atoms with Crippen molar-refractivity contribution in [1.82, 2.24) is 9.21 Å². The van der Waals surface area contributed by atoms with Gasteiger partial charge in [0, 0.05) is 32.7 Å². The van der Waals surface area contributed by atoms with E-state index in [4.69, 9.17) is 0 Å². The van der Waals surface area contributed by atoms with Gasteiger partial charge in [-0.25, -0.2) is 8.42 Å². The van der Waals surface area contributed by atoms with Crippen LogP contribution in [0.1, 0.15) is 22.3 Å². The van der Waals surface area contributed by atoms with E-state index >= 15 is 0 Å². The Balaban J connectivity index is 1.70. The zero-order chi connectivity index (χ0) is 18.7. The fourth-order valence-corrected chi connectivity index (χ4v) is 4.99. The molecule has 1 saturated heterocycles. The Morgan fingerprint density at radius 1 is 1.04 bits per heavy atom. The van der Waals surface area contributed by atoms with Gasteiger partial charge in [0.15, 0.2) is 0 Å². The lowest BCUT2D eigenvalue weighted by atomic mass is 10.1. The summed E-state index contributed by atoms with van der Waals surface area (Å²) in [5, 5.41) is 9.22. The highest BCUT2D eigenvalue weighted by atomic mass is 32.2. The van der Waals surface area contributed by atoms with Gasteiger partial charge in [-0.05, 0) is 42.7 Å². The zero-order valence-electron chi connectivity index (χ0n) is 15.1. The molecule has 2 aromatic rings. The van der Waals surface area contributed by atoms with E-state index in [1.165, 1.54) is 0 Å². The molecular weight excluding hydrogens is 346 g/mol. The Morgan fingerprint density at radius 2 is 1.73 bits per heavy atom. The summed E-state index contributed by atoms with van der Waals surface area (Å²) in [7, 11) is -3.47. The van der Waals surface area contributed by atoms with Crippen molar-refractivity contribution in [1.29, 1.82) is 5.26 Å². The predicted molar refractivity (Wildman–Crippen MR) is 101 cm³/mol. The smallest absolute Gasteiger partial charge is 0.243 e. The van der Waals surface area contributed by atoms with Gasteiger partial charge in [-0.2, -0.15) is 9.57 Å². The van der Waals surface area contributed by atoms with E-state index in [0.29, 0.717) is 43.2 Å². The number of benzene rings is 2. The second-order valence-electron chi connectivity index (χ2n) is 6.72. The Kier molecular flexibility index (Phi) is 5.42. The van der Waals surface area contributed by atoms with Crippen molar-refractivity contribution in [3.05, 3.63) is 64.7 Å². The first-order chi connectivity index (χ1) is 12.4. The topological polar surface area (TPSA) is 64.4 Å². The van der Waals surface area contributed by atoms with E-state index in [-0.39, 0.29) is 0 Å². The molecule has 0 unspecified atom stereocenters. The van der Waals surface area contributed by atoms with Crippen molar-refractivity contribution in [2.75, 3.05) is 26.2 Å². The maximum Gasteiger partial charge on any atom is 0.243 e. The molecule has 1 aliphatic heterocycles. The fraction of sp³-hybridized carbons (Fsp3) is 0.350. The lowest BCUT2D eigenvalue weighted by Gasteiger charge is -2.34. The largest absolute Gasteiger partial charge is 0.296 e. The van der Waals surface area contributed by atoms with Crippen LogP contribution in [0.25, 0.3) is 0 Å². The van der Waals surface area contributed by atoms with Gasteiger partial charge < -0.3 is 0 Å². The van der Waals surface area contributed by atoms with Crippen LogP contribution in [-0.2, 0) is 16.6 Å². The van der Waals surface area contributed by atoms with Crippen LogP contribution in [0.3, 0.4) is 0 Å². The zero-order valence-corrected chi connectivity index (χ0v) is 16.0. The molecule has 0 atom stereocenters. The molecule has 2 aromatic carbocycles. The molecule has 26 heavy (non-hydrogen) atoms. The molecule has 0 saturated carbocycles. The minimum absolute atomic E-state index is 0.403. The van der Waals surface area contributed by atoms with E-state index in [1.54, 1.807) is 10.4 Å². The molecule has 0 radical (unpaired) electrons. The Bertz CT molecular complexity index is 940. The van der Waals surface area contributed by atoms with Crippen LogP contribution in [0, 0.1) is 25.2 Å². The van der Waals surface area contributed by atoms with Gasteiger partial charge in [-0.15, -0.1) is 0 Å². The lowest BCUT2D eigenvalue weighted by molar-refractivity contribution is 0.181. The number of nitrogens with zero attached hydrogens (tertiary/aromatic N) is 3. The number of nitriles is 1. The number of hydrogen-bond acceptors (Lipinski definition) is 4. The average molecular weight is 369 g/mol. The third-order valence-corrected chi connectivity index (χ3v) is 6.87. The highest BCUT2D eigenvalue weighted by Gasteiger charge is 2.29. The Hall–Kier alpha value is -2.20. The third-order valence-electron chi connectivity index (χ3n) is 4.82. The first-order valence-corrected chi connectivity index (χ1v) is 10.1.